The number of hydrogen-bond acceptors (Lipinski definition) is 5. The first-order chi connectivity index (χ1) is 28.2. The van der Waals surface area contributed by atoms with E-state index in [1.807, 2.05) is 72.4 Å². The minimum Gasteiger partial charge on any atom is -0.456 e. The van der Waals surface area contributed by atoms with Crippen molar-refractivity contribution in [3.8, 4) is 39.9 Å². The highest BCUT2D eigenvalue weighted by molar-refractivity contribution is 8.01. The van der Waals surface area contributed by atoms with Gasteiger partial charge in [0, 0.05) is 60.0 Å². The number of nitrogens with zero attached hydrogens (tertiary/aromatic N) is 4. The molecule has 7 aromatic carbocycles. The van der Waals surface area contributed by atoms with Crippen molar-refractivity contribution in [2.45, 2.75) is 16.1 Å². The first-order valence-corrected chi connectivity index (χ1v) is 20.1. The van der Waals surface area contributed by atoms with Gasteiger partial charge in [-0.25, -0.2) is 15.0 Å². The zero-order chi connectivity index (χ0) is 37.5. The Hall–Kier alpha value is -7.02. The summed E-state index contributed by atoms with van der Waals surface area (Å²) < 4.78 is 8.67. The molecule has 0 bridgehead atoms. The van der Waals surface area contributed by atoms with Crippen LogP contribution in [0.5, 0.6) is 0 Å². The number of benzene rings is 7. The first-order valence-electron chi connectivity index (χ1n) is 19.3. The molecule has 3 aromatic heterocycles. The number of hydrogen-bond donors (Lipinski definition) is 0. The second kappa shape index (κ2) is 12.8. The Balaban J connectivity index is 1.02. The largest absolute Gasteiger partial charge is 0.456 e. The molecule has 0 saturated carbocycles. The van der Waals surface area contributed by atoms with E-state index in [2.05, 4.69) is 126 Å². The Morgan fingerprint density at radius 2 is 1.23 bits per heavy atom. The van der Waals surface area contributed by atoms with Gasteiger partial charge in [0.15, 0.2) is 17.5 Å². The fraction of sp³-hybridized carbons (Fsp3) is 0.0392. The van der Waals surface area contributed by atoms with E-state index in [0.29, 0.717) is 22.7 Å². The molecule has 0 saturated heterocycles. The zero-order valence-corrected chi connectivity index (χ0v) is 31.4. The van der Waals surface area contributed by atoms with Crippen molar-refractivity contribution in [1.82, 2.24) is 19.5 Å². The van der Waals surface area contributed by atoms with Crippen LogP contribution < -0.4 is 0 Å². The summed E-state index contributed by atoms with van der Waals surface area (Å²) in [6, 6.07) is 57.5. The van der Waals surface area contributed by atoms with Crippen LogP contribution in [-0.2, 0) is 0 Å². The molecule has 10 aromatic rings. The minimum absolute atomic E-state index is 0.251. The molecule has 2 aliphatic rings. The summed E-state index contributed by atoms with van der Waals surface area (Å²) in [5.41, 5.74) is 11.8. The number of fused-ring (bicyclic) bond motifs is 9. The number of allylic oxidation sites excluding steroid dienone is 3. The Morgan fingerprint density at radius 1 is 0.526 bits per heavy atom. The third-order valence-electron chi connectivity index (χ3n) is 11.4. The van der Waals surface area contributed by atoms with Gasteiger partial charge in [-0.3, -0.25) is 0 Å². The molecule has 0 N–H and O–H groups in total. The smallest absolute Gasteiger partial charge is 0.164 e. The highest BCUT2D eigenvalue weighted by atomic mass is 32.2. The SMILES string of the molecule is C1=CC(c2ccc3c4ccccc4n(-c4cccc(-c5nc(-c6ccccc6)nc(-c6cccc7oc8ccccc8c67)n5)c4)c3c2)C2Sc3ccccc3C2=C1. The fourth-order valence-corrected chi connectivity index (χ4v) is 10.3. The molecule has 12 rings (SSSR count). The van der Waals surface area contributed by atoms with Gasteiger partial charge in [-0.15, -0.1) is 11.8 Å². The average molecular weight is 749 g/mol. The second-order valence-corrected chi connectivity index (χ2v) is 15.9. The third-order valence-corrected chi connectivity index (χ3v) is 12.8. The van der Waals surface area contributed by atoms with Crippen LogP contribution in [0.2, 0.25) is 0 Å². The fourth-order valence-electron chi connectivity index (χ4n) is 8.84. The van der Waals surface area contributed by atoms with E-state index in [1.54, 1.807) is 0 Å². The topological polar surface area (TPSA) is 56.7 Å². The van der Waals surface area contributed by atoms with Gasteiger partial charge in [-0.05, 0) is 59.2 Å². The lowest BCUT2D eigenvalue weighted by Crippen LogP contribution is -2.14. The van der Waals surface area contributed by atoms with Gasteiger partial charge in [0.05, 0.1) is 11.0 Å². The molecule has 5 nitrogen and oxygen atoms in total. The van der Waals surface area contributed by atoms with E-state index in [4.69, 9.17) is 19.4 Å². The number of para-hydroxylation sites is 2. The maximum absolute atomic E-state index is 6.27. The monoisotopic (exact) mass is 748 g/mol. The van der Waals surface area contributed by atoms with Crippen molar-refractivity contribution in [3.05, 3.63) is 193 Å². The highest BCUT2D eigenvalue weighted by Crippen LogP contribution is 2.52. The van der Waals surface area contributed by atoms with E-state index >= 15 is 0 Å². The summed E-state index contributed by atoms with van der Waals surface area (Å²) in [6.07, 6.45) is 6.91. The van der Waals surface area contributed by atoms with Gasteiger partial charge in [0.25, 0.3) is 0 Å². The van der Waals surface area contributed by atoms with Gasteiger partial charge >= 0.3 is 0 Å². The van der Waals surface area contributed by atoms with E-state index in [-0.39, 0.29) is 5.92 Å². The summed E-state index contributed by atoms with van der Waals surface area (Å²) >= 11 is 1.98. The summed E-state index contributed by atoms with van der Waals surface area (Å²) in [5.74, 6) is 2.08. The van der Waals surface area contributed by atoms with Gasteiger partial charge in [-0.2, -0.15) is 0 Å². The van der Waals surface area contributed by atoms with Crippen molar-refractivity contribution >= 4 is 61.1 Å². The van der Waals surface area contributed by atoms with Gasteiger partial charge in [-0.1, -0.05) is 140 Å². The molecule has 4 heterocycles. The predicted octanol–water partition coefficient (Wildman–Crippen LogP) is 13.1. The molecule has 0 radical (unpaired) electrons. The Bertz CT molecular complexity index is 3300. The van der Waals surface area contributed by atoms with Gasteiger partial charge < -0.3 is 8.98 Å². The highest BCUT2D eigenvalue weighted by Gasteiger charge is 2.35. The van der Waals surface area contributed by atoms with E-state index in [9.17, 15) is 0 Å². The molecule has 6 heteroatoms. The molecule has 0 fully saturated rings. The van der Waals surface area contributed by atoms with Gasteiger partial charge in [0.2, 0.25) is 0 Å². The van der Waals surface area contributed by atoms with Crippen molar-refractivity contribution in [2.75, 3.05) is 0 Å². The molecular weight excluding hydrogens is 717 g/mol. The molecule has 0 spiro atoms. The lowest BCUT2D eigenvalue weighted by Gasteiger charge is -2.25. The van der Waals surface area contributed by atoms with Gasteiger partial charge in [0.1, 0.15) is 11.2 Å². The zero-order valence-electron chi connectivity index (χ0n) is 30.6. The lowest BCUT2D eigenvalue weighted by atomic mass is 9.85. The Labute approximate surface area is 332 Å². The summed E-state index contributed by atoms with van der Waals surface area (Å²) in [7, 11) is 0. The molecule has 1 aliphatic heterocycles. The summed E-state index contributed by atoms with van der Waals surface area (Å²) in [6.45, 7) is 0. The molecule has 2 unspecified atom stereocenters. The number of rotatable bonds is 5. The Morgan fingerprint density at radius 3 is 2.16 bits per heavy atom. The van der Waals surface area contributed by atoms with Crippen LogP contribution in [0, 0.1) is 0 Å². The van der Waals surface area contributed by atoms with Crippen molar-refractivity contribution in [1.29, 1.82) is 0 Å². The van der Waals surface area contributed by atoms with Crippen LogP contribution in [0.1, 0.15) is 17.0 Å². The third kappa shape index (κ3) is 5.14. The minimum atomic E-state index is 0.251. The van der Waals surface area contributed by atoms with Crippen molar-refractivity contribution in [2.24, 2.45) is 0 Å². The van der Waals surface area contributed by atoms with Crippen molar-refractivity contribution < 1.29 is 4.42 Å². The standard InChI is InChI=1S/C51H32N4OS/c1-2-13-31(14-3-1)49-52-50(54-51(53-49)41-22-12-25-45-47(41)40-19-5-8-24-44(40)56-45)33-15-10-16-34(29-33)55-42-23-7-4-17-36(42)37-28-27-32(30-43(37)55)35-20-11-21-39-38-18-6-9-26-46(38)57-48(35)39/h1-30,35,48H. The maximum atomic E-state index is 6.27. The number of furan rings is 1. The molecule has 1 aliphatic carbocycles. The Kier molecular flexibility index (Phi) is 7.22. The summed E-state index contributed by atoms with van der Waals surface area (Å²) in [4.78, 5) is 16.8. The predicted molar refractivity (Wildman–Crippen MR) is 234 cm³/mol. The first kappa shape index (κ1) is 32.2. The quantitative estimate of drug-likeness (QED) is 0.175. The molecule has 2 atom stereocenters. The lowest BCUT2D eigenvalue weighted by molar-refractivity contribution is 0.669. The van der Waals surface area contributed by atoms with Crippen LogP contribution in [0.25, 0.3) is 89.2 Å². The maximum Gasteiger partial charge on any atom is 0.164 e. The van der Waals surface area contributed by atoms with Crippen LogP contribution in [0.3, 0.4) is 0 Å². The van der Waals surface area contributed by atoms with E-state index in [0.717, 1.165) is 49.8 Å². The molecule has 57 heavy (non-hydrogen) atoms. The molecule has 268 valence electrons. The number of thioether (sulfide) groups is 1. The summed E-state index contributed by atoms with van der Waals surface area (Å²) in [5, 5.41) is 4.82. The molecular formula is C51H32N4OS. The average Bonchev–Trinajstić information content (AvgIpc) is 3.96. The van der Waals surface area contributed by atoms with E-state index in [1.165, 1.54) is 37.9 Å². The van der Waals surface area contributed by atoms with Crippen LogP contribution in [0.4, 0.5) is 0 Å². The van der Waals surface area contributed by atoms with Crippen LogP contribution in [-0.4, -0.2) is 24.8 Å². The van der Waals surface area contributed by atoms with E-state index < -0.39 is 0 Å². The van der Waals surface area contributed by atoms with Crippen LogP contribution in [0.15, 0.2) is 191 Å². The normalized spacial score (nSPS) is 16.0. The van der Waals surface area contributed by atoms with Crippen molar-refractivity contribution in [3.63, 3.8) is 0 Å². The van der Waals surface area contributed by atoms with Crippen LogP contribution >= 0.6 is 11.8 Å². The number of aromatic nitrogens is 4. The second-order valence-electron chi connectivity index (χ2n) is 14.7. The molecule has 0 amide bonds.